The van der Waals surface area contributed by atoms with Gasteiger partial charge in [-0.15, -0.1) is 0 Å². The van der Waals surface area contributed by atoms with Crippen LogP contribution in [-0.2, 0) is 22.6 Å². The molecule has 1 amide bonds. The van der Waals surface area contributed by atoms with Crippen molar-refractivity contribution in [1.29, 1.82) is 0 Å². The molecule has 0 aliphatic rings. The fourth-order valence-corrected chi connectivity index (χ4v) is 3.53. The molecule has 0 spiro atoms. The molecule has 1 atom stereocenters. The molecular formula is C26H29NO6. The Morgan fingerprint density at radius 3 is 2.48 bits per heavy atom. The highest BCUT2D eigenvalue weighted by atomic mass is 16.6. The molecule has 0 aliphatic carbocycles. The van der Waals surface area contributed by atoms with Crippen LogP contribution >= 0.6 is 0 Å². The summed E-state index contributed by atoms with van der Waals surface area (Å²) >= 11 is 0. The van der Waals surface area contributed by atoms with Gasteiger partial charge >= 0.3 is 17.7 Å². The third-order valence-electron chi connectivity index (χ3n) is 5.22. The number of hydrogen-bond acceptors (Lipinski definition) is 6. The maximum atomic E-state index is 13.0. The van der Waals surface area contributed by atoms with Crippen molar-refractivity contribution in [3.05, 3.63) is 75.6 Å². The first kappa shape index (κ1) is 24.0. The molecule has 174 valence electrons. The molecular weight excluding hydrogens is 422 g/mol. The molecule has 0 saturated heterocycles. The lowest BCUT2D eigenvalue weighted by Gasteiger charge is -2.20. The maximum Gasteiger partial charge on any atom is 0.408 e. The number of alkyl carbamates (subject to hydrolysis) is 1. The van der Waals surface area contributed by atoms with Gasteiger partial charge in [-0.05, 0) is 48.4 Å². The molecule has 7 heteroatoms. The minimum Gasteiger partial charge on any atom is -0.445 e. The van der Waals surface area contributed by atoms with Crippen LogP contribution in [0.4, 0.5) is 4.79 Å². The molecule has 3 rings (SSSR count). The third-order valence-corrected chi connectivity index (χ3v) is 5.22. The summed E-state index contributed by atoms with van der Waals surface area (Å²) < 4.78 is 16.2. The van der Waals surface area contributed by atoms with Gasteiger partial charge < -0.3 is 19.2 Å². The van der Waals surface area contributed by atoms with Crippen molar-refractivity contribution in [3.63, 3.8) is 0 Å². The van der Waals surface area contributed by atoms with Crippen molar-refractivity contribution < 1.29 is 23.5 Å². The first-order valence-electron chi connectivity index (χ1n) is 11.0. The molecule has 1 aromatic heterocycles. The van der Waals surface area contributed by atoms with E-state index in [1.54, 1.807) is 6.07 Å². The number of ether oxygens (including phenoxy) is 2. The van der Waals surface area contributed by atoms with E-state index < -0.39 is 23.7 Å². The van der Waals surface area contributed by atoms with E-state index in [1.807, 2.05) is 64.1 Å². The Morgan fingerprint density at radius 1 is 1.09 bits per heavy atom. The molecule has 0 bridgehead atoms. The number of esters is 1. The van der Waals surface area contributed by atoms with Crippen LogP contribution in [-0.4, -0.2) is 18.1 Å². The first-order chi connectivity index (χ1) is 15.8. The van der Waals surface area contributed by atoms with Gasteiger partial charge in [-0.1, -0.05) is 51.1 Å². The molecule has 0 radical (unpaired) electrons. The van der Waals surface area contributed by atoms with Crippen LogP contribution in [0, 0.1) is 12.8 Å². The molecule has 0 fully saturated rings. The number of amides is 1. The van der Waals surface area contributed by atoms with E-state index in [0.717, 1.165) is 22.1 Å². The SMILES string of the molecule is CCc1cc2c(C)cc(=O)oc2cc1OC(=O)[C@H](CC(C)C)NC(=O)OCc1ccccc1. The monoisotopic (exact) mass is 451 g/mol. The average molecular weight is 452 g/mol. The summed E-state index contributed by atoms with van der Waals surface area (Å²) in [7, 11) is 0. The predicted molar refractivity (Wildman–Crippen MR) is 125 cm³/mol. The van der Waals surface area contributed by atoms with Crippen LogP contribution in [0.2, 0.25) is 0 Å². The Balaban J connectivity index is 1.77. The summed E-state index contributed by atoms with van der Waals surface area (Å²) in [4.78, 5) is 37.1. The summed E-state index contributed by atoms with van der Waals surface area (Å²) in [6.07, 6.45) is 0.290. The van der Waals surface area contributed by atoms with Crippen molar-refractivity contribution in [3.8, 4) is 5.75 Å². The van der Waals surface area contributed by atoms with Gasteiger partial charge in [0.1, 0.15) is 24.0 Å². The average Bonchev–Trinajstić information content (AvgIpc) is 2.77. The lowest BCUT2D eigenvalue weighted by atomic mass is 10.0. The zero-order valence-electron chi connectivity index (χ0n) is 19.3. The van der Waals surface area contributed by atoms with Gasteiger partial charge in [0, 0.05) is 17.5 Å². The van der Waals surface area contributed by atoms with Crippen molar-refractivity contribution in [2.75, 3.05) is 0 Å². The molecule has 1 heterocycles. The van der Waals surface area contributed by atoms with Crippen molar-refractivity contribution in [2.45, 2.75) is 53.2 Å². The van der Waals surface area contributed by atoms with Crippen LogP contribution < -0.4 is 15.7 Å². The number of carbonyl (C=O) groups is 2. The van der Waals surface area contributed by atoms with Gasteiger partial charge in [-0.3, -0.25) is 0 Å². The van der Waals surface area contributed by atoms with E-state index in [4.69, 9.17) is 13.9 Å². The van der Waals surface area contributed by atoms with Crippen molar-refractivity contribution >= 4 is 23.0 Å². The number of hydrogen-bond donors (Lipinski definition) is 1. The number of rotatable bonds is 8. The van der Waals surface area contributed by atoms with Gasteiger partial charge in [-0.2, -0.15) is 0 Å². The minimum atomic E-state index is -0.891. The largest absolute Gasteiger partial charge is 0.445 e. The number of benzene rings is 2. The zero-order chi connectivity index (χ0) is 24.0. The number of carbonyl (C=O) groups excluding carboxylic acids is 2. The fourth-order valence-electron chi connectivity index (χ4n) is 3.53. The molecule has 2 aromatic carbocycles. The highest BCUT2D eigenvalue weighted by molar-refractivity contribution is 5.86. The zero-order valence-corrected chi connectivity index (χ0v) is 19.3. The Hall–Kier alpha value is -3.61. The molecule has 1 N–H and O–H groups in total. The van der Waals surface area contributed by atoms with Gasteiger partial charge in [-0.25, -0.2) is 14.4 Å². The second-order valence-corrected chi connectivity index (χ2v) is 8.37. The molecule has 33 heavy (non-hydrogen) atoms. The molecule has 0 saturated carbocycles. The third kappa shape index (κ3) is 6.44. The standard InChI is InChI=1S/C26H29NO6/c1-5-19-13-20-17(4)12-24(28)32-23(20)14-22(19)33-25(29)21(11-16(2)3)27-26(30)31-15-18-9-7-6-8-10-18/h6-10,12-14,16,21H,5,11,15H2,1-4H3,(H,27,30)/t21-/m0/s1. The van der Waals surface area contributed by atoms with Gasteiger partial charge in [0.2, 0.25) is 0 Å². The van der Waals surface area contributed by atoms with E-state index in [0.29, 0.717) is 24.2 Å². The second-order valence-electron chi connectivity index (χ2n) is 8.37. The lowest BCUT2D eigenvalue weighted by Crippen LogP contribution is -2.44. The van der Waals surface area contributed by atoms with Crippen molar-refractivity contribution in [2.24, 2.45) is 5.92 Å². The van der Waals surface area contributed by atoms with Crippen LogP contribution in [0.25, 0.3) is 11.0 Å². The molecule has 0 unspecified atom stereocenters. The summed E-state index contributed by atoms with van der Waals surface area (Å²) in [5.74, 6) is -0.179. The normalized spacial score (nSPS) is 11.9. The lowest BCUT2D eigenvalue weighted by molar-refractivity contribution is -0.137. The molecule has 7 nitrogen and oxygen atoms in total. The van der Waals surface area contributed by atoms with Crippen molar-refractivity contribution in [1.82, 2.24) is 5.32 Å². The van der Waals surface area contributed by atoms with E-state index >= 15 is 0 Å². The summed E-state index contributed by atoms with van der Waals surface area (Å²) in [6.45, 7) is 7.76. The molecule has 0 aliphatic heterocycles. The Bertz CT molecular complexity index is 1180. The van der Waals surface area contributed by atoms with Gasteiger partial charge in [0.15, 0.2) is 0 Å². The number of fused-ring (bicyclic) bond motifs is 1. The van der Waals surface area contributed by atoms with Crippen LogP contribution in [0.15, 0.2) is 57.7 Å². The fraction of sp³-hybridized carbons (Fsp3) is 0.346. The Labute approximate surface area is 192 Å². The van der Waals surface area contributed by atoms with E-state index in [2.05, 4.69) is 5.32 Å². The van der Waals surface area contributed by atoms with E-state index in [1.165, 1.54) is 6.07 Å². The van der Waals surface area contributed by atoms with Crippen LogP contribution in [0.3, 0.4) is 0 Å². The topological polar surface area (TPSA) is 94.8 Å². The summed E-state index contributed by atoms with van der Waals surface area (Å²) in [5.41, 5.74) is 2.30. The van der Waals surface area contributed by atoms with Gasteiger partial charge in [0.05, 0.1) is 0 Å². The maximum absolute atomic E-state index is 13.0. The van der Waals surface area contributed by atoms with E-state index in [-0.39, 0.29) is 12.5 Å². The number of nitrogens with one attached hydrogen (secondary N) is 1. The minimum absolute atomic E-state index is 0.0964. The van der Waals surface area contributed by atoms with Crippen LogP contribution in [0.5, 0.6) is 5.75 Å². The Kier molecular flexibility index (Phi) is 7.87. The summed E-state index contributed by atoms with van der Waals surface area (Å²) in [5, 5.41) is 3.41. The highest BCUT2D eigenvalue weighted by Crippen LogP contribution is 2.28. The Morgan fingerprint density at radius 2 is 1.82 bits per heavy atom. The quantitative estimate of drug-likeness (QED) is 0.297. The van der Waals surface area contributed by atoms with Gasteiger partial charge in [0.25, 0.3) is 0 Å². The van der Waals surface area contributed by atoms with E-state index in [9.17, 15) is 14.4 Å². The predicted octanol–water partition coefficient (Wildman–Crippen LogP) is 4.91. The smallest absolute Gasteiger partial charge is 0.408 e. The highest BCUT2D eigenvalue weighted by Gasteiger charge is 2.26. The second kappa shape index (κ2) is 10.8. The van der Waals surface area contributed by atoms with Crippen LogP contribution in [0.1, 0.15) is 43.9 Å². The molecule has 3 aromatic rings. The summed E-state index contributed by atoms with van der Waals surface area (Å²) in [6, 6.07) is 13.2. The first-order valence-corrected chi connectivity index (χ1v) is 11.0. The number of aryl methyl sites for hydroxylation is 2.